The number of terminal acetylenes is 1. The van der Waals surface area contributed by atoms with Crippen molar-refractivity contribution >= 4 is 12.0 Å². The molecule has 2 N–H and O–H groups in total. The molecule has 2 amide bonds. The molecule has 0 radical (unpaired) electrons. The molecule has 7 nitrogen and oxygen atoms in total. The Hall–Kier alpha value is -2.49. The molecule has 0 bridgehead atoms. The fourth-order valence-electron chi connectivity index (χ4n) is 1.59. The largest absolute Gasteiger partial charge is 0.453 e. The predicted molar refractivity (Wildman–Crippen MR) is 72.6 cm³/mol. The van der Waals surface area contributed by atoms with Crippen molar-refractivity contribution in [2.45, 2.75) is 19.9 Å². The molecule has 0 saturated carbocycles. The van der Waals surface area contributed by atoms with Gasteiger partial charge >= 0.3 is 6.09 Å². The monoisotopic (exact) mass is 278 g/mol. The molecule has 0 fully saturated rings. The van der Waals surface area contributed by atoms with Gasteiger partial charge in [0.1, 0.15) is 18.1 Å². The van der Waals surface area contributed by atoms with Gasteiger partial charge in [-0.2, -0.15) is 0 Å². The van der Waals surface area contributed by atoms with Gasteiger partial charge in [0.2, 0.25) is 5.91 Å². The number of amides is 2. The van der Waals surface area contributed by atoms with Crippen molar-refractivity contribution in [2.24, 2.45) is 0 Å². The van der Waals surface area contributed by atoms with Crippen LogP contribution in [0.15, 0.2) is 6.20 Å². The molecule has 108 valence electrons. The Morgan fingerprint density at radius 3 is 2.90 bits per heavy atom. The zero-order chi connectivity index (χ0) is 15.0. The van der Waals surface area contributed by atoms with Crippen molar-refractivity contribution in [3.63, 3.8) is 0 Å². The number of imidazole rings is 1. The van der Waals surface area contributed by atoms with Crippen LogP contribution in [-0.4, -0.2) is 47.1 Å². The van der Waals surface area contributed by atoms with Gasteiger partial charge in [-0.05, 0) is 6.42 Å². The molecule has 1 heterocycles. The maximum atomic E-state index is 12.0. The summed E-state index contributed by atoms with van der Waals surface area (Å²) >= 11 is 0. The van der Waals surface area contributed by atoms with Crippen LogP contribution >= 0.6 is 0 Å². The fraction of sp³-hybridized carbons (Fsp3) is 0.462. The van der Waals surface area contributed by atoms with Gasteiger partial charge in [0, 0.05) is 6.54 Å². The lowest BCUT2D eigenvalue weighted by Crippen LogP contribution is -2.40. The Kier molecular flexibility index (Phi) is 6.10. The highest BCUT2D eigenvalue weighted by Gasteiger charge is 2.15. The van der Waals surface area contributed by atoms with E-state index in [4.69, 9.17) is 6.42 Å². The molecular weight excluding hydrogens is 260 g/mol. The zero-order valence-corrected chi connectivity index (χ0v) is 11.6. The minimum Gasteiger partial charge on any atom is -0.453 e. The second kappa shape index (κ2) is 7.84. The summed E-state index contributed by atoms with van der Waals surface area (Å²) < 4.78 is 4.42. The van der Waals surface area contributed by atoms with Crippen LogP contribution in [0.5, 0.6) is 0 Å². The number of carbonyl (C=O) groups is 2. The molecule has 0 spiro atoms. The molecule has 0 saturated heterocycles. The van der Waals surface area contributed by atoms with E-state index in [2.05, 4.69) is 25.9 Å². The van der Waals surface area contributed by atoms with Crippen LogP contribution in [0.1, 0.15) is 24.9 Å². The highest BCUT2D eigenvalue weighted by Crippen LogP contribution is 2.03. The van der Waals surface area contributed by atoms with Crippen molar-refractivity contribution in [1.82, 2.24) is 20.2 Å². The van der Waals surface area contributed by atoms with Crippen molar-refractivity contribution in [3.8, 4) is 12.3 Å². The SMILES string of the molecule is C#Cc1cnc(CN(CCC)C(=O)CNC(=O)OC)[nH]1. The number of hydrogen-bond acceptors (Lipinski definition) is 4. The highest BCUT2D eigenvalue weighted by molar-refractivity contribution is 5.82. The lowest BCUT2D eigenvalue weighted by atomic mass is 10.3. The van der Waals surface area contributed by atoms with Crippen LogP contribution in [0.3, 0.4) is 0 Å². The number of carbonyl (C=O) groups excluding carboxylic acids is 2. The Labute approximate surface area is 117 Å². The lowest BCUT2D eigenvalue weighted by Gasteiger charge is -2.21. The first-order chi connectivity index (χ1) is 9.60. The molecule has 1 aromatic heterocycles. The molecular formula is C13H18N4O3. The number of nitrogens with zero attached hydrogens (tertiary/aromatic N) is 2. The van der Waals surface area contributed by atoms with Gasteiger partial charge < -0.3 is 19.9 Å². The summed E-state index contributed by atoms with van der Waals surface area (Å²) in [4.78, 5) is 31.6. The highest BCUT2D eigenvalue weighted by atomic mass is 16.5. The van der Waals surface area contributed by atoms with Crippen LogP contribution in [0.2, 0.25) is 0 Å². The summed E-state index contributed by atoms with van der Waals surface area (Å²) in [6.45, 7) is 2.73. The zero-order valence-electron chi connectivity index (χ0n) is 11.6. The minimum atomic E-state index is -0.637. The Morgan fingerprint density at radius 2 is 2.35 bits per heavy atom. The van der Waals surface area contributed by atoms with Crippen molar-refractivity contribution in [2.75, 3.05) is 20.2 Å². The number of methoxy groups -OCH3 is 1. The first-order valence-corrected chi connectivity index (χ1v) is 6.20. The number of nitrogens with one attached hydrogen (secondary N) is 2. The van der Waals surface area contributed by atoms with Gasteiger partial charge in [0.25, 0.3) is 0 Å². The first-order valence-electron chi connectivity index (χ1n) is 6.20. The molecule has 1 aromatic rings. The standard InChI is InChI=1S/C13H18N4O3/c1-4-6-17(12(18)8-15-13(19)20-3)9-11-14-7-10(5-2)16-11/h2,7H,4,6,8-9H2,1,3H3,(H,14,16)(H,15,19). The Bertz CT molecular complexity index is 504. The van der Waals surface area contributed by atoms with E-state index in [9.17, 15) is 9.59 Å². The van der Waals surface area contributed by atoms with E-state index in [1.54, 1.807) is 4.90 Å². The number of rotatable bonds is 6. The van der Waals surface area contributed by atoms with E-state index in [1.807, 2.05) is 6.92 Å². The molecule has 0 aromatic carbocycles. The molecule has 0 atom stereocenters. The van der Waals surface area contributed by atoms with Crippen LogP contribution in [0, 0.1) is 12.3 Å². The van der Waals surface area contributed by atoms with E-state index >= 15 is 0 Å². The third kappa shape index (κ3) is 4.65. The fourth-order valence-corrected chi connectivity index (χ4v) is 1.59. The van der Waals surface area contributed by atoms with E-state index in [0.29, 0.717) is 24.6 Å². The summed E-state index contributed by atoms with van der Waals surface area (Å²) in [6, 6.07) is 0. The van der Waals surface area contributed by atoms with Crippen molar-refractivity contribution < 1.29 is 14.3 Å². The van der Waals surface area contributed by atoms with Gasteiger partial charge in [-0.15, -0.1) is 6.42 Å². The second-order valence-corrected chi connectivity index (χ2v) is 4.05. The topological polar surface area (TPSA) is 87.3 Å². The van der Waals surface area contributed by atoms with Gasteiger partial charge in [-0.1, -0.05) is 12.8 Å². The molecule has 7 heteroatoms. The number of hydrogen-bond donors (Lipinski definition) is 2. The number of aromatic nitrogens is 2. The maximum Gasteiger partial charge on any atom is 0.407 e. The lowest BCUT2D eigenvalue weighted by molar-refractivity contribution is -0.130. The first kappa shape index (κ1) is 15.6. The third-order valence-electron chi connectivity index (χ3n) is 2.54. The van der Waals surface area contributed by atoms with Gasteiger partial charge in [0.05, 0.1) is 19.9 Å². The molecule has 0 aliphatic heterocycles. The van der Waals surface area contributed by atoms with E-state index < -0.39 is 6.09 Å². The summed E-state index contributed by atoms with van der Waals surface area (Å²) in [7, 11) is 1.24. The molecule has 0 aliphatic rings. The van der Waals surface area contributed by atoms with E-state index in [1.165, 1.54) is 13.3 Å². The number of alkyl carbamates (subject to hydrolysis) is 1. The average molecular weight is 278 g/mol. The van der Waals surface area contributed by atoms with Crippen LogP contribution < -0.4 is 5.32 Å². The number of H-pyrrole nitrogens is 1. The third-order valence-corrected chi connectivity index (χ3v) is 2.54. The molecule has 1 rings (SSSR count). The Morgan fingerprint density at radius 1 is 1.60 bits per heavy atom. The Balaban J connectivity index is 2.61. The summed E-state index contributed by atoms with van der Waals surface area (Å²) in [6.07, 6.45) is 6.95. The molecule has 20 heavy (non-hydrogen) atoms. The minimum absolute atomic E-state index is 0.116. The predicted octanol–water partition coefficient (Wildman–Crippen LogP) is 0.486. The van der Waals surface area contributed by atoms with Crippen molar-refractivity contribution in [3.05, 3.63) is 17.7 Å². The van der Waals surface area contributed by atoms with E-state index in [-0.39, 0.29) is 12.5 Å². The van der Waals surface area contributed by atoms with Crippen LogP contribution in [0.4, 0.5) is 4.79 Å². The van der Waals surface area contributed by atoms with Crippen molar-refractivity contribution in [1.29, 1.82) is 0 Å². The van der Waals surface area contributed by atoms with Gasteiger partial charge in [-0.3, -0.25) is 4.79 Å². The summed E-state index contributed by atoms with van der Waals surface area (Å²) in [5.41, 5.74) is 0.566. The van der Waals surface area contributed by atoms with Crippen LogP contribution in [-0.2, 0) is 16.1 Å². The normalized spacial score (nSPS) is 9.65. The molecule has 0 aliphatic carbocycles. The van der Waals surface area contributed by atoms with Gasteiger partial charge in [0.15, 0.2) is 0 Å². The van der Waals surface area contributed by atoms with E-state index in [0.717, 1.165) is 6.42 Å². The second-order valence-electron chi connectivity index (χ2n) is 4.05. The number of ether oxygens (including phenoxy) is 1. The quantitative estimate of drug-likeness (QED) is 0.741. The number of aromatic amines is 1. The average Bonchev–Trinajstić information content (AvgIpc) is 2.91. The summed E-state index contributed by atoms with van der Waals surface area (Å²) in [5.74, 6) is 2.83. The van der Waals surface area contributed by atoms with Gasteiger partial charge in [-0.25, -0.2) is 9.78 Å². The maximum absolute atomic E-state index is 12.0. The smallest absolute Gasteiger partial charge is 0.407 e. The van der Waals surface area contributed by atoms with Crippen LogP contribution in [0.25, 0.3) is 0 Å². The molecule has 0 unspecified atom stereocenters. The summed E-state index contributed by atoms with van der Waals surface area (Å²) in [5, 5.41) is 2.36.